The molecule has 5 nitrogen and oxygen atoms in total. The Labute approximate surface area is 140 Å². The van der Waals surface area contributed by atoms with Gasteiger partial charge in [-0.15, -0.1) is 0 Å². The Morgan fingerprint density at radius 3 is 2.74 bits per heavy atom. The molecule has 0 aliphatic carbocycles. The maximum Gasteiger partial charge on any atom is 0.250 e. The zero-order valence-electron chi connectivity index (χ0n) is 12.7. The molecule has 23 heavy (non-hydrogen) atoms. The van der Waals surface area contributed by atoms with Crippen molar-refractivity contribution in [2.45, 2.75) is 13.3 Å². The lowest BCUT2D eigenvalue weighted by Gasteiger charge is -2.09. The molecule has 1 amide bonds. The van der Waals surface area contributed by atoms with E-state index in [0.29, 0.717) is 12.4 Å². The summed E-state index contributed by atoms with van der Waals surface area (Å²) < 4.78 is 10.6. The molecule has 0 saturated carbocycles. The first kappa shape index (κ1) is 16.8. The maximum absolute atomic E-state index is 11.7. The normalized spacial score (nSPS) is 10.5. The average Bonchev–Trinajstić information content (AvgIpc) is 3.05. The Bertz CT molecular complexity index is 664. The van der Waals surface area contributed by atoms with Crippen LogP contribution >= 0.6 is 12.2 Å². The molecule has 0 saturated heterocycles. The molecule has 1 aromatic heterocycles. The summed E-state index contributed by atoms with van der Waals surface area (Å²) in [7, 11) is 0. The van der Waals surface area contributed by atoms with E-state index in [-0.39, 0.29) is 11.0 Å². The second-order valence-corrected chi connectivity index (χ2v) is 5.07. The van der Waals surface area contributed by atoms with Gasteiger partial charge in [0.15, 0.2) is 5.11 Å². The lowest BCUT2D eigenvalue weighted by molar-refractivity contribution is -0.115. The molecular formula is C17H18N2O3S. The van der Waals surface area contributed by atoms with Crippen LogP contribution in [0.4, 0.5) is 5.69 Å². The molecule has 0 spiro atoms. The number of thiocarbonyl (C=S) groups is 1. The van der Waals surface area contributed by atoms with Crippen molar-refractivity contribution in [1.82, 2.24) is 5.32 Å². The van der Waals surface area contributed by atoms with E-state index in [4.69, 9.17) is 21.4 Å². The standard InChI is InChI=1S/C17H18N2O3S/c1-2-11-21-15-7-5-13(6-8-15)18-17(23)19-16(20)10-9-14-4-3-12-22-14/h3-10,12H,2,11H2,1H3,(H2,18,19,20,23)/b10-9+. The van der Waals surface area contributed by atoms with Gasteiger partial charge >= 0.3 is 0 Å². The van der Waals surface area contributed by atoms with Crippen molar-refractivity contribution < 1.29 is 13.9 Å². The molecule has 2 aromatic rings. The fourth-order valence-electron chi connectivity index (χ4n) is 1.71. The summed E-state index contributed by atoms with van der Waals surface area (Å²) in [5.74, 6) is 1.07. The number of nitrogens with one attached hydrogen (secondary N) is 2. The Morgan fingerprint density at radius 2 is 2.09 bits per heavy atom. The molecule has 0 bridgehead atoms. The minimum absolute atomic E-state index is 0.223. The molecule has 0 atom stereocenters. The van der Waals surface area contributed by atoms with Gasteiger partial charge in [-0.1, -0.05) is 6.92 Å². The summed E-state index contributed by atoms with van der Waals surface area (Å²) in [6.07, 6.45) is 5.42. The van der Waals surface area contributed by atoms with Gasteiger partial charge < -0.3 is 14.5 Å². The van der Waals surface area contributed by atoms with Gasteiger partial charge in [-0.25, -0.2) is 0 Å². The monoisotopic (exact) mass is 330 g/mol. The van der Waals surface area contributed by atoms with Crippen LogP contribution in [0.1, 0.15) is 19.1 Å². The fourth-order valence-corrected chi connectivity index (χ4v) is 1.93. The van der Waals surface area contributed by atoms with Crippen molar-refractivity contribution in [3.8, 4) is 5.75 Å². The first-order valence-corrected chi connectivity index (χ1v) is 7.64. The molecule has 0 fully saturated rings. The van der Waals surface area contributed by atoms with E-state index in [1.807, 2.05) is 24.3 Å². The molecule has 6 heteroatoms. The van der Waals surface area contributed by atoms with Gasteiger partial charge in [0.2, 0.25) is 5.91 Å². The fraction of sp³-hybridized carbons (Fsp3) is 0.176. The van der Waals surface area contributed by atoms with Crippen LogP contribution in [0.25, 0.3) is 6.08 Å². The Morgan fingerprint density at radius 1 is 1.30 bits per heavy atom. The highest BCUT2D eigenvalue weighted by molar-refractivity contribution is 7.80. The lowest BCUT2D eigenvalue weighted by Crippen LogP contribution is -2.32. The van der Waals surface area contributed by atoms with E-state index in [1.165, 1.54) is 12.3 Å². The third-order valence-electron chi connectivity index (χ3n) is 2.76. The number of hydrogen-bond donors (Lipinski definition) is 2. The first-order valence-electron chi connectivity index (χ1n) is 7.24. The summed E-state index contributed by atoms with van der Waals surface area (Å²) in [5.41, 5.74) is 0.772. The van der Waals surface area contributed by atoms with E-state index >= 15 is 0 Å². The number of hydrogen-bond acceptors (Lipinski definition) is 4. The highest BCUT2D eigenvalue weighted by Gasteiger charge is 2.02. The van der Waals surface area contributed by atoms with Crippen LogP contribution < -0.4 is 15.4 Å². The molecule has 0 radical (unpaired) electrons. The predicted molar refractivity (Wildman–Crippen MR) is 94.3 cm³/mol. The van der Waals surface area contributed by atoms with Crippen molar-refractivity contribution in [1.29, 1.82) is 0 Å². The minimum Gasteiger partial charge on any atom is -0.494 e. The molecule has 0 unspecified atom stereocenters. The van der Waals surface area contributed by atoms with Crippen LogP contribution in [0.15, 0.2) is 53.2 Å². The van der Waals surface area contributed by atoms with E-state index in [0.717, 1.165) is 17.9 Å². The molecule has 1 aromatic carbocycles. The Hall–Kier alpha value is -2.60. The van der Waals surface area contributed by atoms with Crippen molar-refractivity contribution in [2.75, 3.05) is 11.9 Å². The second kappa shape index (κ2) is 8.75. The van der Waals surface area contributed by atoms with Crippen molar-refractivity contribution >= 4 is 35.0 Å². The molecular weight excluding hydrogens is 312 g/mol. The molecule has 0 aliphatic rings. The summed E-state index contributed by atoms with van der Waals surface area (Å²) in [5, 5.41) is 5.72. The highest BCUT2D eigenvalue weighted by atomic mass is 32.1. The highest BCUT2D eigenvalue weighted by Crippen LogP contribution is 2.15. The van der Waals surface area contributed by atoms with E-state index in [1.54, 1.807) is 18.2 Å². The largest absolute Gasteiger partial charge is 0.494 e. The number of ether oxygens (including phenoxy) is 1. The van der Waals surface area contributed by atoms with E-state index < -0.39 is 0 Å². The number of carbonyl (C=O) groups excluding carboxylic acids is 1. The van der Waals surface area contributed by atoms with Crippen molar-refractivity contribution in [3.05, 3.63) is 54.5 Å². The van der Waals surface area contributed by atoms with E-state index in [2.05, 4.69) is 17.6 Å². The van der Waals surface area contributed by atoms with Gasteiger partial charge in [0.05, 0.1) is 12.9 Å². The summed E-state index contributed by atoms with van der Waals surface area (Å²) in [6.45, 7) is 2.74. The Balaban J connectivity index is 1.80. The van der Waals surface area contributed by atoms with Gasteiger partial charge in [-0.05, 0) is 61.1 Å². The van der Waals surface area contributed by atoms with Crippen LogP contribution in [0.3, 0.4) is 0 Å². The number of anilines is 1. The third kappa shape index (κ3) is 5.96. The smallest absolute Gasteiger partial charge is 0.250 e. The Kier molecular flexibility index (Phi) is 6.38. The maximum atomic E-state index is 11.7. The summed E-state index contributed by atoms with van der Waals surface area (Å²) in [4.78, 5) is 11.7. The summed E-state index contributed by atoms with van der Waals surface area (Å²) >= 11 is 5.10. The minimum atomic E-state index is -0.332. The van der Waals surface area contributed by atoms with E-state index in [9.17, 15) is 4.79 Å². The molecule has 0 aliphatic heterocycles. The number of rotatable bonds is 6. The van der Waals surface area contributed by atoms with Crippen LogP contribution in [0.5, 0.6) is 5.75 Å². The molecule has 120 valence electrons. The zero-order valence-corrected chi connectivity index (χ0v) is 13.6. The quantitative estimate of drug-likeness (QED) is 0.626. The van der Waals surface area contributed by atoms with Crippen LogP contribution in [-0.4, -0.2) is 17.6 Å². The number of carbonyl (C=O) groups is 1. The van der Waals surface area contributed by atoms with Gasteiger partial charge in [-0.3, -0.25) is 10.1 Å². The lowest BCUT2D eigenvalue weighted by atomic mass is 10.3. The van der Waals surface area contributed by atoms with Crippen LogP contribution in [0, 0.1) is 0 Å². The molecule has 1 heterocycles. The molecule has 2 N–H and O–H groups in total. The van der Waals surface area contributed by atoms with Crippen LogP contribution in [-0.2, 0) is 4.79 Å². The zero-order chi connectivity index (χ0) is 16.5. The number of amides is 1. The second-order valence-electron chi connectivity index (χ2n) is 4.66. The number of furan rings is 1. The molecule has 2 rings (SSSR count). The summed E-state index contributed by atoms with van der Waals surface area (Å²) in [6, 6.07) is 10.9. The van der Waals surface area contributed by atoms with Gasteiger partial charge in [0.1, 0.15) is 11.5 Å². The third-order valence-corrected chi connectivity index (χ3v) is 2.97. The van der Waals surface area contributed by atoms with Gasteiger partial charge in [0.25, 0.3) is 0 Å². The van der Waals surface area contributed by atoms with Gasteiger partial charge in [-0.2, -0.15) is 0 Å². The predicted octanol–water partition coefficient (Wildman–Crippen LogP) is 3.59. The topological polar surface area (TPSA) is 63.5 Å². The SMILES string of the molecule is CCCOc1ccc(NC(=S)NC(=O)/C=C/c2ccco2)cc1. The van der Waals surface area contributed by atoms with Gasteiger partial charge in [0, 0.05) is 11.8 Å². The van der Waals surface area contributed by atoms with Crippen molar-refractivity contribution in [2.24, 2.45) is 0 Å². The average molecular weight is 330 g/mol. The van der Waals surface area contributed by atoms with Crippen LogP contribution in [0.2, 0.25) is 0 Å². The first-order chi connectivity index (χ1) is 11.2. The van der Waals surface area contributed by atoms with Crippen molar-refractivity contribution in [3.63, 3.8) is 0 Å². The number of benzene rings is 1.